The van der Waals surface area contributed by atoms with Crippen LogP contribution >= 0.6 is 0 Å². The SMILES string of the molecule is CCC1CCCN(C(=O)N(CCN2CCC(c3ccccc3OC)CC2)c2ccccn2)C1. The molecule has 0 bridgehead atoms. The number of anilines is 1. The summed E-state index contributed by atoms with van der Waals surface area (Å²) in [4.78, 5) is 24.5. The molecular weight excluding hydrogens is 412 g/mol. The Hall–Kier alpha value is -2.60. The lowest BCUT2D eigenvalue weighted by molar-refractivity contribution is 0.167. The third kappa shape index (κ3) is 5.85. The molecule has 2 aromatic rings. The van der Waals surface area contributed by atoms with Gasteiger partial charge in [-0.3, -0.25) is 4.90 Å². The number of urea groups is 1. The van der Waals surface area contributed by atoms with Crippen LogP contribution in [0.15, 0.2) is 48.7 Å². The fraction of sp³-hybridized carbons (Fsp3) is 0.556. The molecule has 2 aliphatic rings. The molecule has 2 amide bonds. The molecule has 2 fully saturated rings. The van der Waals surface area contributed by atoms with Crippen LogP contribution in [0.4, 0.5) is 10.6 Å². The Morgan fingerprint density at radius 3 is 2.61 bits per heavy atom. The zero-order valence-electron chi connectivity index (χ0n) is 20.2. The number of hydrogen-bond acceptors (Lipinski definition) is 4. The van der Waals surface area contributed by atoms with E-state index in [-0.39, 0.29) is 6.03 Å². The standard InChI is InChI=1S/C27H38N4O2/c1-3-22-9-8-16-30(21-22)27(32)31(26-12-6-7-15-28-26)20-19-29-17-13-23(14-18-29)24-10-4-5-11-25(24)33-2/h4-7,10-12,15,22-23H,3,8-9,13-14,16-21H2,1-2H3. The summed E-state index contributed by atoms with van der Waals surface area (Å²) in [5, 5.41) is 0. The molecule has 1 aromatic heterocycles. The van der Waals surface area contributed by atoms with Crippen LogP contribution in [-0.4, -0.2) is 67.2 Å². The fourth-order valence-corrected chi connectivity index (χ4v) is 5.28. The van der Waals surface area contributed by atoms with Gasteiger partial charge >= 0.3 is 6.03 Å². The monoisotopic (exact) mass is 450 g/mol. The lowest BCUT2D eigenvalue weighted by Gasteiger charge is -2.37. The van der Waals surface area contributed by atoms with E-state index in [0.717, 1.165) is 70.0 Å². The minimum Gasteiger partial charge on any atom is -0.496 e. The molecular formula is C27H38N4O2. The van der Waals surface area contributed by atoms with Crippen molar-refractivity contribution in [2.24, 2.45) is 5.92 Å². The van der Waals surface area contributed by atoms with Crippen LogP contribution < -0.4 is 9.64 Å². The first-order chi connectivity index (χ1) is 16.2. The molecule has 6 heteroatoms. The van der Waals surface area contributed by atoms with Gasteiger partial charge in [0.2, 0.25) is 0 Å². The maximum atomic E-state index is 13.5. The zero-order chi connectivity index (χ0) is 23.0. The number of piperidine rings is 2. The van der Waals surface area contributed by atoms with Crippen molar-refractivity contribution in [3.8, 4) is 5.75 Å². The molecule has 0 spiro atoms. The first-order valence-electron chi connectivity index (χ1n) is 12.5. The topological polar surface area (TPSA) is 48.9 Å². The molecule has 3 heterocycles. The number of para-hydroxylation sites is 1. The van der Waals surface area contributed by atoms with Gasteiger partial charge in [-0.15, -0.1) is 0 Å². The summed E-state index contributed by atoms with van der Waals surface area (Å²) in [5.41, 5.74) is 1.32. The van der Waals surface area contributed by atoms with Gasteiger partial charge in [-0.2, -0.15) is 0 Å². The molecule has 2 saturated heterocycles. The van der Waals surface area contributed by atoms with Crippen molar-refractivity contribution in [2.75, 3.05) is 51.3 Å². The van der Waals surface area contributed by atoms with Crippen molar-refractivity contribution in [3.63, 3.8) is 0 Å². The van der Waals surface area contributed by atoms with Crippen molar-refractivity contribution in [1.82, 2.24) is 14.8 Å². The van der Waals surface area contributed by atoms with Crippen LogP contribution in [0.5, 0.6) is 5.75 Å². The minimum absolute atomic E-state index is 0.107. The van der Waals surface area contributed by atoms with Crippen LogP contribution in [0.25, 0.3) is 0 Å². The quantitative estimate of drug-likeness (QED) is 0.594. The molecule has 2 aliphatic heterocycles. The number of nitrogens with zero attached hydrogens (tertiary/aromatic N) is 4. The number of pyridine rings is 1. The number of ether oxygens (including phenoxy) is 1. The van der Waals surface area contributed by atoms with Crippen molar-refractivity contribution < 1.29 is 9.53 Å². The summed E-state index contributed by atoms with van der Waals surface area (Å²) in [6.45, 7) is 7.55. The number of likely N-dealkylation sites (tertiary alicyclic amines) is 2. The van der Waals surface area contributed by atoms with E-state index in [4.69, 9.17) is 4.74 Å². The van der Waals surface area contributed by atoms with Gasteiger partial charge in [0.05, 0.1) is 7.11 Å². The molecule has 1 atom stereocenters. The van der Waals surface area contributed by atoms with Gasteiger partial charge in [0.1, 0.15) is 11.6 Å². The van der Waals surface area contributed by atoms with Crippen LogP contribution in [0.3, 0.4) is 0 Å². The average molecular weight is 451 g/mol. The van der Waals surface area contributed by atoms with E-state index in [1.165, 1.54) is 12.0 Å². The van der Waals surface area contributed by atoms with Crippen molar-refractivity contribution in [2.45, 2.75) is 44.9 Å². The van der Waals surface area contributed by atoms with Crippen LogP contribution in [-0.2, 0) is 0 Å². The second-order valence-corrected chi connectivity index (χ2v) is 9.34. The predicted molar refractivity (Wildman–Crippen MR) is 133 cm³/mol. The largest absolute Gasteiger partial charge is 0.496 e. The molecule has 6 nitrogen and oxygen atoms in total. The van der Waals surface area contributed by atoms with Gasteiger partial charge in [-0.25, -0.2) is 9.78 Å². The van der Waals surface area contributed by atoms with Gasteiger partial charge in [-0.1, -0.05) is 37.6 Å². The fourth-order valence-electron chi connectivity index (χ4n) is 5.28. The number of methoxy groups -OCH3 is 1. The first kappa shape index (κ1) is 23.6. The number of aromatic nitrogens is 1. The highest BCUT2D eigenvalue weighted by atomic mass is 16.5. The normalized spacial score (nSPS) is 19.9. The molecule has 0 radical (unpaired) electrons. The van der Waals surface area contributed by atoms with E-state index in [9.17, 15) is 4.79 Å². The van der Waals surface area contributed by atoms with Crippen molar-refractivity contribution in [1.29, 1.82) is 0 Å². The summed E-state index contributed by atoms with van der Waals surface area (Å²) in [5.74, 6) is 2.90. The number of hydrogen-bond donors (Lipinski definition) is 0. The Kier molecular flexibility index (Phi) is 8.21. The van der Waals surface area contributed by atoms with Crippen molar-refractivity contribution in [3.05, 3.63) is 54.2 Å². The molecule has 1 unspecified atom stereocenters. The van der Waals surface area contributed by atoms with E-state index in [1.807, 2.05) is 34.1 Å². The van der Waals surface area contributed by atoms with Crippen LogP contribution in [0.1, 0.15) is 50.5 Å². The van der Waals surface area contributed by atoms with E-state index < -0.39 is 0 Å². The first-order valence-corrected chi connectivity index (χ1v) is 12.5. The number of benzene rings is 1. The van der Waals surface area contributed by atoms with E-state index in [2.05, 4.69) is 35.0 Å². The Morgan fingerprint density at radius 1 is 1.09 bits per heavy atom. The Balaban J connectivity index is 1.37. The van der Waals surface area contributed by atoms with Gasteiger partial charge in [0.15, 0.2) is 0 Å². The zero-order valence-corrected chi connectivity index (χ0v) is 20.2. The van der Waals surface area contributed by atoms with E-state index in [1.54, 1.807) is 13.3 Å². The highest BCUT2D eigenvalue weighted by molar-refractivity contribution is 5.91. The Labute approximate surface area is 198 Å². The summed E-state index contributed by atoms with van der Waals surface area (Å²) in [6.07, 6.45) is 7.46. The second kappa shape index (κ2) is 11.5. The highest BCUT2D eigenvalue weighted by Gasteiger charge is 2.29. The molecule has 0 aliphatic carbocycles. The number of amides is 2. The van der Waals surface area contributed by atoms with Gasteiger partial charge in [0, 0.05) is 32.4 Å². The van der Waals surface area contributed by atoms with Crippen LogP contribution in [0.2, 0.25) is 0 Å². The van der Waals surface area contributed by atoms with E-state index >= 15 is 0 Å². The number of carbonyl (C=O) groups is 1. The number of rotatable bonds is 7. The molecule has 0 saturated carbocycles. The maximum Gasteiger partial charge on any atom is 0.325 e. The highest BCUT2D eigenvalue weighted by Crippen LogP contribution is 2.34. The molecule has 4 rings (SSSR count). The average Bonchev–Trinajstić information content (AvgIpc) is 2.89. The van der Waals surface area contributed by atoms with Gasteiger partial charge in [-0.05, 0) is 74.4 Å². The molecule has 1 aromatic carbocycles. The Bertz CT molecular complexity index is 883. The predicted octanol–water partition coefficient (Wildman–Crippen LogP) is 5.02. The van der Waals surface area contributed by atoms with Gasteiger partial charge < -0.3 is 14.5 Å². The number of carbonyl (C=O) groups excluding carboxylic acids is 1. The smallest absolute Gasteiger partial charge is 0.325 e. The lowest BCUT2D eigenvalue weighted by Crippen LogP contribution is -2.50. The van der Waals surface area contributed by atoms with Crippen LogP contribution in [0, 0.1) is 5.92 Å². The van der Waals surface area contributed by atoms with Gasteiger partial charge in [0.25, 0.3) is 0 Å². The lowest BCUT2D eigenvalue weighted by atomic mass is 9.89. The summed E-state index contributed by atoms with van der Waals surface area (Å²) in [6, 6.07) is 14.3. The third-order valence-corrected chi connectivity index (χ3v) is 7.33. The molecule has 33 heavy (non-hydrogen) atoms. The summed E-state index contributed by atoms with van der Waals surface area (Å²) >= 11 is 0. The summed E-state index contributed by atoms with van der Waals surface area (Å²) < 4.78 is 5.58. The van der Waals surface area contributed by atoms with E-state index in [0.29, 0.717) is 18.4 Å². The second-order valence-electron chi connectivity index (χ2n) is 9.34. The molecule has 0 N–H and O–H groups in total. The Morgan fingerprint density at radius 2 is 1.88 bits per heavy atom. The summed E-state index contributed by atoms with van der Waals surface area (Å²) in [7, 11) is 1.75. The minimum atomic E-state index is 0.107. The third-order valence-electron chi connectivity index (χ3n) is 7.33. The van der Waals surface area contributed by atoms with Crippen molar-refractivity contribution >= 4 is 11.8 Å². The maximum absolute atomic E-state index is 13.5. The molecule has 178 valence electrons.